The second-order valence-corrected chi connectivity index (χ2v) is 5.28. The van der Waals surface area contributed by atoms with Crippen molar-refractivity contribution in [1.82, 2.24) is 9.78 Å². The molecule has 0 bridgehead atoms. The van der Waals surface area contributed by atoms with Crippen molar-refractivity contribution in [3.05, 3.63) is 86.1 Å². The van der Waals surface area contributed by atoms with Crippen molar-refractivity contribution in [2.75, 3.05) is 0 Å². The zero-order valence-corrected chi connectivity index (χ0v) is 13.1. The van der Waals surface area contributed by atoms with Gasteiger partial charge in [-0.2, -0.15) is 4.39 Å². The first-order valence-electron chi connectivity index (χ1n) is 7.32. The van der Waals surface area contributed by atoms with Crippen LogP contribution in [0.4, 0.5) is 15.8 Å². The van der Waals surface area contributed by atoms with Crippen LogP contribution in [0.1, 0.15) is 11.3 Å². The summed E-state index contributed by atoms with van der Waals surface area (Å²) in [6.45, 7) is 1.72. The van der Waals surface area contributed by atoms with Crippen LogP contribution in [0.3, 0.4) is 0 Å². The largest absolute Gasteiger partial charge is 0.306 e. The summed E-state index contributed by atoms with van der Waals surface area (Å²) in [7, 11) is 0. The van der Waals surface area contributed by atoms with Crippen LogP contribution in [0.15, 0.2) is 58.3 Å². The van der Waals surface area contributed by atoms with Crippen LogP contribution >= 0.6 is 0 Å². The third kappa shape index (κ3) is 3.23. The summed E-state index contributed by atoms with van der Waals surface area (Å²) in [5.41, 5.74) is 0.795. The highest BCUT2D eigenvalue weighted by Gasteiger charge is 2.14. The second-order valence-electron chi connectivity index (χ2n) is 5.28. The highest BCUT2D eigenvalue weighted by atomic mass is 19.1. The van der Waals surface area contributed by atoms with Crippen LogP contribution in [0, 0.1) is 22.9 Å². The number of halogens is 1. The minimum absolute atomic E-state index is 0.180. The standard InChI is InChI=1S/C17H13FN4O3/c1-11-14(17(23)21(20-11)13-5-3-2-4-6-13)10-19-12-7-8-15(18)16(9-12)22(24)25/h2-10,20H,1H3. The molecule has 1 aromatic heterocycles. The summed E-state index contributed by atoms with van der Waals surface area (Å²) in [5, 5.41) is 13.7. The number of rotatable bonds is 4. The summed E-state index contributed by atoms with van der Waals surface area (Å²) in [6.07, 6.45) is 1.31. The molecular formula is C17H13FN4O3. The lowest BCUT2D eigenvalue weighted by molar-refractivity contribution is -0.387. The van der Waals surface area contributed by atoms with Crippen molar-refractivity contribution in [3.8, 4) is 5.69 Å². The van der Waals surface area contributed by atoms with Gasteiger partial charge in [-0.15, -0.1) is 0 Å². The molecule has 0 unspecified atom stereocenters. The summed E-state index contributed by atoms with van der Waals surface area (Å²) in [6, 6.07) is 12.3. The van der Waals surface area contributed by atoms with E-state index in [2.05, 4.69) is 10.1 Å². The van der Waals surface area contributed by atoms with E-state index in [-0.39, 0.29) is 11.2 Å². The van der Waals surface area contributed by atoms with Gasteiger partial charge in [0.2, 0.25) is 5.82 Å². The van der Waals surface area contributed by atoms with Crippen LogP contribution in [-0.2, 0) is 0 Å². The lowest BCUT2D eigenvalue weighted by atomic mass is 10.2. The number of hydrogen-bond acceptors (Lipinski definition) is 4. The number of aromatic amines is 1. The Morgan fingerprint density at radius 1 is 1.24 bits per heavy atom. The number of nitrogens with zero attached hydrogens (tertiary/aromatic N) is 3. The van der Waals surface area contributed by atoms with E-state index in [1.807, 2.05) is 18.2 Å². The molecule has 0 saturated carbocycles. The van der Waals surface area contributed by atoms with E-state index in [9.17, 15) is 19.3 Å². The van der Waals surface area contributed by atoms with Gasteiger partial charge >= 0.3 is 5.69 Å². The Bertz CT molecular complexity index is 1020. The fourth-order valence-electron chi connectivity index (χ4n) is 2.33. The van der Waals surface area contributed by atoms with Gasteiger partial charge in [0.1, 0.15) is 0 Å². The Morgan fingerprint density at radius 3 is 2.64 bits per heavy atom. The normalized spacial score (nSPS) is 11.1. The van der Waals surface area contributed by atoms with Gasteiger partial charge in [0, 0.05) is 18.0 Å². The zero-order chi connectivity index (χ0) is 18.0. The van der Waals surface area contributed by atoms with Crippen LogP contribution in [0.2, 0.25) is 0 Å². The average molecular weight is 340 g/mol. The van der Waals surface area contributed by atoms with E-state index >= 15 is 0 Å². The van der Waals surface area contributed by atoms with Gasteiger partial charge in [-0.25, -0.2) is 4.68 Å². The van der Waals surface area contributed by atoms with Gasteiger partial charge < -0.3 is 0 Å². The zero-order valence-electron chi connectivity index (χ0n) is 13.1. The van der Waals surface area contributed by atoms with Gasteiger partial charge in [0.15, 0.2) is 0 Å². The first-order valence-corrected chi connectivity index (χ1v) is 7.32. The molecule has 0 aliphatic heterocycles. The quantitative estimate of drug-likeness (QED) is 0.449. The lowest BCUT2D eigenvalue weighted by Gasteiger charge is -1.99. The Balaban J connectivity index is 1.98. The molecule has 1 N–H and O–H groups in total. The highest BCUT2D eigenvalue weighted by molar-refractivity contribution is 5.83. The number of benzene rings is 2. The van der Waals surface area contributed by atoms with E-state index in [1.165, 1.54) is 17.0 Å². The lowest BCUT2D eigenvalue weighted by Crippen LogP contribution is -2.17. The maximum absolute atomic E-state index is 13.4. The number of nitro groups is 1. The Morgan fingerprint density at radius 2 is 1.96 bits per heavy atom. The third-order valence-corrected chi connectivity index (χ3v) is 3.60. The van der Waals surface area contributed by atoms with Crippen LogP contribution in [0.25, 0.3) is 5.69 Å². The van der Waals surface area contributed by atoms with Crippen molar-refractivity contribution in [2.45, 2.75) is 6.92 Å². The summed E-state index contributed by atoms with van der Waals surface area (Å²) >= 11 is 0. The van der Waals surface area contributed by atoms with Gasteiger partial charge in [-0.05, 0) is 31.2 Å². The number of H-pyrrole nitrogens is 1. The number of nitrogens with one attached hydrogen (secondary N) is 1. The molecule has 126 valence electrons. The molecule has 7 nitrogen and oxygen atoms in total. The molecule has 0 aliphatic carbocycles. The van der Waals surface area contributed by atoms with E-state index in [0.717, 1.165) is 12.1 Å². The van der Waals surface area contributed by atoms with Crippen LogP contribution < -0.4 is 5.56 Å². The van der Waals surface area contributed by atoms with Crippen molar-refractivity contribution >= 4 is 17.6 Å². The first kappa shape index (κ1) is 16.3. The Labute approximate surface area is 141 Å². The van der Waals surface area contributed by atoms with E-state index < -0.39 is 16.4 Å². The monoisotopic (exact) mass is 340 g/mol. The molecule has 0 spiro atoms. The maximum atomic E-state index is 13.4. The van der Waals surface area contributed by atoms with Crippen molar-refractivity contribution in [2.24, 2.45) is 4.99 Å². The number of aryl methyl sites for hydroxylation is 1. The van der Waals surface area contributed by atoms with Gasteiger partial charge in [-0.1, -0.05) is 18.2 Å². The second kappa shape index (κ2) is 6.52. The first-order chi connectivity index (χ1) is 12.0. The molecule has 3 aromatic rings. The third-order valence-electron chi connectivity index (χ3n) is 3.60. The number of aliphatic imine (C=N–C) groups is 1. The molecule has 1 heterocycles. The van der Waals surface area contributed by atoms with Gasteiger partial charge in [-0.3, -0.25) is 25.0 Å². The van der Waals surface area contributed by atoms with Crippen molar-refractivity contribution in [3.63, 3.8) is 0 Å². The molecule has 0 amide bonds. The minimum Gasteiger partial charge on any atom is -0.295 e. The Kier molecular flexibility index (Phi) is 4.25. The molecule has 0 fully saturated rings. The maximum Gasteiger partial charge on any atom is 0.306 e. The molecule has 0 aliphatic rings. The van der Waals surface area contributed by atoms with E-state index in [0.29, 0.717) is 16.9 Å². The molecule has 0 radical (unpaired) electrons. The predicted molar refractivity (Wildman–Crippen MR) is 91.4 cm³/mol. The summed E-state index contributed by atoms with van der Waals surface area (Å²) in [4.78, 5) is 26.5. The number of hydrogen-bond donors (Lipinski definition) is 1. The smallest absolute Gasteiger partial charge is 0.295 e. The fourth-order valence-corrected chi connectivity index (χ4v) is 2.33. The predicted octanol–water partition coefficient (Wildman–Crippen LogP) is 3.27. The van der Waals surface area contributed by atoms with Gasteiger partial charge in [0.05, 0.1) is 21.9 Å². The summed E-state index contributed by atoms with van der Waals surface area (Å²) < 4.78 is 14.7. The van der Waals surface area contributed by atoms with Crippen LogP contribution in [0.5, 0.6) is 0 Å². The molecule has 0 atom stereocenters. The highest BCUT2D eigenvalue weighted by Crippen LogP contribution is 2.23. The number of para-hydroxylation sites is 1. The minimum atomic E-state index is -0.937. The molecular weight excluding hydrogens is 327 g/mol. The van der Waals surface area contributed by atoms with Crippen LogP contribution in [-0.4, -0.2) is 20.9 Å². The number of nitro benzene ring substituents is 1. The molecule has 0 saturated heterocycles. The van der Waals surface area contributed by atoms with Crippen molar-refractivity contribution < 1.29 is 9.31 Å². The molecule has 25 heavy (non-hydrogen) atoms. The number of aromatic nitrogens is 2. The fraction of sp³-hybridized carbons (Fsp3) is 0.0588. The van der Waals surface area contributed by atoms with Crippen molar-refractivity contribution in [1.29, 1.82) is 0 Å². The molecule has 3 rings (SSSR count). The average Bonchev–Trinajstić information content (AvgIpc) is 2.89. The topological polar surface area (TPSA) is 93.3 Å². The van der Waals surface area contributed by atoms with Gasteiger partial charge in [0.25, 0.3) is 5.56 Å². The Hall–Kier alpha value is -3.55. The molecule has 8 heteroatoms. The van der Waals surface area contributed by atoms with E-state index in [1.54, 1.807) is 19.1 Å². The van der Waals surface area contributed by atoms with E-state index in [4.69, 9.17) is 0 Å². The SMILES string of the molecule is Cc1[nH]n(-c2ccccc2)c(=O)c1C=Nc1ccc(F)c([N+](=O)[O-])c1. The molecule has 2 aromatic carbocycles. The summed E-state index contributed by atoms with van der Waals surface area (Å²) in [5.74, 6) is -0.937.